The van der Waals surface area contributed by atoms with E-state index in [-0.39, 0.29) is 25.9 Å². The van der Waals surface area contributed by atoms with Gasteiger partial charge in [-0.25, -0.2) is 0 Å². The fourth-order valence-corrected chi connectivity index (χ4v) is 1.76. The molecule has 0 atom stereocenters. The highest BCUT2D eigenvalue weighted by Crippen LogP contribution is 2.32. The Morgan fingerprint density at radius 2 is 2.17 bits per heavy atom. The van der Waals surface area contributed by atoms with Crippen LogP contribution in [0.25, 0.3) is 0 Å². The summed E-state index contributed by atoms with van der Waals surface area (Å²) in [5.41, 5.74) is 0.902. The zero-order valence-corrected chi connectivity index (χ0v) is 9.98. The molecule has 2 aliphatic rings. The molecule has 0 spiro atoms. The van der Waals surface area contributed by atoms with Crippen molar-refractivity contribution in [2.24, 2.45) is 0 Å². The van der Waals surface area contributed by atoms with Crippen molar-refractivity contribution in [1.82, 2.24) is 5.32 Å². The molecule has 3 rings (SSSR count). The van der Waals surface area contributed by atoms with Crippen molar-refractivity contribution in [3.63, 3.8) is 0 Å². The van der Waals surface area contributed by atoms with Gasteiger partial charge in [-0.1, -0.05) is 6.07 Å². The van der Waals surface area contributed by atoms with Crippen LogP contribution < -0.4 is 14.8 Å². The van der Waals surface area contributed by atoms with E-state index in [0.717, 1.165) is 24.2 Å². The summed E-state index contributed by atoms with van der Waals surface area (Å²) in [6, 6.07) is 6.05. The van der Waals surface area contributed by atoms with E-state index in [0.29, 0.717) is 11.8 Å². The third kappa shape index (κ3) is 2.73. The zero-order valence-electron chi connectivity index (χ0n) is 9.98. The molecule has 0 saturated heterocycles. The van der Waals surface area contributed by atoms with Crippen LogP contribution in [0.4, 0.5) is 0 Å². The molecule has 1 aromatic carbocycles. The molecule has 1 aliphatic heterocycles. The standard InChI is InChI=1S/C13H15NO4/c15-13(6-14-10-2-3-10)16-7-9-1-4-11-12(5-9)18-8-17-11/h1,4-5,10,14H,2-3,6-8H2. The maximum absolute atomic E-state index is 11.4. The Labute approximate surface area is 105 Å². The highest BCUT2D eigenvalue weighted by Gasteiger charge is 2.21. The molecule has 1 aliphatic carbocycles. The maximum Gasteiger partial charge on any atom is 0.320 e. The predicted molar refractivity (Wildman–Crippen MR) is 63.4 cm³/mol. The van der Waals surface area contributed by atoms with Gasteiger partial charge in [0.1, 0.15) is 6.61 Å². The van der Waals surface area contributed by atoms with Crippen molar-refractivity contribution in [3.8, 4) is 11.5 Å². The molecule has 0 bridgehead atoms. The SMILES string of the molecule is O=C(CNC1CC1)OCc1ccc2c(c1)OCO2. The minimum Gasteiger partial charge on any atom is -0.460 e. The first-order valence-electron chi connectivity index (χ1n) is 6.09. The molecule has 0 unspecified atom stereocenters. The minimum absolute atomic E-state index is 0.223. The third-order valence-electron chi connectivity index (χ3n) is 2.95. The lowest BCUT2D eigenvalue weighted by Gasteiger charge is -2.06. The first-order valence-corrected chi connectivity index (χ1v) is 6.09. The maximum atomic E-state index is 11.4. The Bertz CT molecular complexity index is 456. The molecule has 1 saturated carbocycles. The van der Waals surface area contributed by atoms with Crippen molar-refractivity contribution in [1.29, 1.82) is 0 Å². The molecule has 1 heterocycles. The second kappa shape index (κ2) is 4.86. The molecule has 1 aromatic rings. The summed E-state index contributed by atoms with van der Waals surface area (Å²) in [4.78, 5) is 11.4. The summed E-state index contributed by atoms with van der Waals surface area (Å²) in [5.74, 6) is 1.22. The molecule has 0 radical (unpaired) electrons. The first-order chi connectivity index (χ1) is 8.81. The Kier molecular flexibility index (Phi) is 3.06. The molecule has 5 heteroatoms. The molecule has 1 fully saturated rings. The lowest BCUT2D eigenvalue weighted by atomic mass is 10.2. The van der Waals surface area contributed by atoms with E-state index in [1.54, 1.807) is 0 Å². The van der Waals surface area contributed by atoms with Gasteiger partial charge in [0, 0.05) is 6.04 Å². The van der Waals surface area contributed by atoms with Crippen LogP contribution in [0.5, 0.6) is 11.5 Å². The van der Waals surface area contributed by atoms with E-state index >= 15 is 0 Å². The third-order valence-corrected chi connectivity index (χ3v) is 2.95. The number of fused-ring (bicyclic) bond motifs is 1. The van der Waals surface area contributed by atoms with Crippen LogP contribution in [0.15, 0.2) is 18.2 Å². The number of benzene rings is 1. The Balaban J connectivity index is 1.48. The molecule has 0 aromatic heterocycles. The van der Waals surface area contributed by atoms with Crippen molar-refractivity contribution in [2.45, 2.75) is 25.5 Å². The fourth-order valence-electron chi connectivity index (χ4n) is 1.76. The molecular weight excluding hydrogens is 234 g/mol. The largest absolute Gasteiger partial charge is 0.460 e. The van der Waals surface area contributed by atoms with Gasteiger partial charge in [-0.2, -0.15) is 0 Å². The second-order valence-corrected chi connectivity index (χ2v) is 4.50. The van der Waals surface area contributed by atoms with Gasteiger partial charge in [0.2, 0.25) is 6.79 Å². The number of hydrogen-bond acceptors (Lipinski definition) is 5. The van der Waals surface area contributed by atoms with Crippen LogP contribution >= 0.6 is 0 Å². The molecule has 96 valence electrons. The van der Waals surface area contributed by atoms with Crippen LogP contribution in [0.1, 0.15) is 18.4 Å². The highest BCUT2D eigenvalue weighted by atomic mass is 16.7. The van der Waals surface area contributed by atoms with E-state index in [9.17, 15) is 4.79 Å². The average Bonchev–Trinajstić information content (AvgIpc) is 3.10. The Morgan fingerprint density at radius 1 is 1.33 bits per heavy atom. The monoisotopic (exact) mass is 249 g/mol. The van der Waals surface area contributed by atoms with E-state index in [4.69, 9.17) is 14.2 Å². The summed E-state index contributed by atoms with van der Waals surface area (Å²) in [6.07, 6.45) is 2.32. The number of rotatable bonds is 5. The van der Waals surface area contributed by atoms with Crippen LogP contribution in [0.2, 0.25) is 0 Å². The smallest absolute Gasteiger partial charge is 0.320 e. The molecule has 1 N–H and O–H groups in total. The number of nitrogens with one attached hydrogen (secondary N) is 1. The van der Waals surface area contributed by atoms with Gasteiger partial charge >= 0.3 is 5.97 Å². The fraction of sp³-hybridized carbons (Fsp3) is 0.462. The summed E-state index contributed by atoms with van der Waals surface area (Å²) < 4.78 is 15.6. The lowest BCUT2D eigenvalue weighted by molar-refractivity contribution is -0.143. The summed E-state index contributed by atoms with van der Waals surface area (Å²) >= 11 is 0. The molecule has 18 heavy (non-hydrogen) atoms. The van der Waals surface area contributed by atoms with Crippen LogP contribution in [0.3, 0.4) is 0 Å². The van der Waals surface area contributed by atoms with E-state index in [2.05, 4.69) is 5.32 Å². The van der Waals surface area contributed by atoms with E-state index in [1.807, 2.05) is 18.2 Å². The number of hydrogen-bond donors (Lipinski definition) is 1. The van der Waals surface area contributed by atoms with Gasteiger partial charge < -0.3 is 19.5 Å². The van der Waals surface area contributed by atoms with Gasteiger partial charge in [0.15, 0.2) is 11.5 Å². The van der Waals surface area contributed by atoms with Gasteiger partial charge in [0.25, 0.3) is 0 Å². The van der Waals surface area contributed by atoms with Crippen LogP contribution in [-0.4, -0.2) is 25.3 Å². The van der Waals surface area contributed by atoms with Gasteiger partial charge in [-0.3, -0.25) is 4.79 Å². The van der Waals surface area contributed by atoms with Gasteiger partial charge in [0.05, 0.1) is 6.54 Å². The Hall–Kier alpha value is -1.75. The minimum atomic E-state index is -0.223. The van der Waals surface area contributed by atoms with Crippen molar-refractivity contribution in [2.75, 3.05) is 13.3 Å². The number of carbonyl (C=O) groups excluding carboxylic acids is 1. The topological polar surface area (TPSA) is 56.8 Å². The van der Waals surface area contributed by atoms with Crippen LogP contribution in [0, 0.1) is 0 Å². The average molecular weight is 249 g/mol. The predicted octanol–water partition coefficient (Wildman–Crippen LogP) is 1.21. The van der Waals surface area contributed by atoms with Crippen molar-refractivity contribution >= 4 is 5.97 Å². The molecule has 0 amide bonds. The van der Waals surface area contributed by atoms with Gasteiger partial charge in [-0.05, 0) is 30.5 Å². The number of carbonyl (C=O) groups is 1. The molecular formula is C13H15NO4. The van der Waals surface area contributed by atoms with E-state index < -0.39 is 0 Å². The van der Waals surface area contributed by atoms with Crippen LogP contribution in [-0.2, 0) is 16.1 Å². The van der Waals surface area contributed by atoms with Crippen molar-refractivity contribution < 1.29 is 19.0 Å². The second-order valence-electron chi connectivity index (χ2n) is 4.50. The first kappa shape index (κ1) is 11.3. The van der Waals surface area contributed by atoms with Crippen molar-refractivity contribution in [3.05, 3.63) is 23.8 Å². The zero-order chi connectivity index (χ0) is 12.4. The quantitative estimate of drug-likeness (QED) is 0.795. The number of esters is 1. The Morgan fingerprint density at radius 3 is 3.00 bits per heavy atom. The summed E-state index contributed by atoms with van der Waals surface area (Å²) in [7, 11) is 0. The van der Waals surface area contributed by atoms with Gasteiger partial charge in [-0.15, -0.1) is 0 Å². The number of ether oxygens (including phenoxy) is 3. The molecule has 5 nitrogen and oxygen atoms in total. The summed E-state index contributed by atoms with van der Waals surface area (Å²) in [6.45, 7) is 0.806. The highest BCUT2D eigenvalue weighted by molar-refractivity contribution is 5.71. The lowest BCUT2D eigenvalue weighted by Crippen LogP contribution is -2.26. The summed E-state index contributed by atoms with van der Waals surface area (Å²) in [5, 5.41) is 3.12. The van der Waals surface area contributed by atoms with E-state index in [1.165, 1.54) is 0 Å². The normalized spacial score (nSPS) is 16.7.